The number of aliphatic hydroxyl groups is 1. The summed E-state index contributed by atoms with van der Waals surface area (Å²) < 4.78 is 5.09. The molecular formula is C17H21N3O5. The van der Waals surface area contributed by atoms with Crippen LogP contribution in [-0.4, -0.2) is 59.7 Å². The molecule has 4 amide bonds. The number of aliphatic hydroxyl groups excluding tert-OH is 1. The first-order valence-electron chi connectivity index (χ1n) is 8.19. The lowest BCUT2D eigenvalue weighted by Crippen LogP contribution is -2.51. The Hall–Kier alpha value is -2.61. The SMILES string of the molecule is COc1ccc(N2C(=O)[C@@H]3C[C@@H](NC(=O)[C@H](C)O)CCN3C2=O)cc1. The number of fused-ring (bicyclic) bond motifs is 1. The number of nitrogens with zero attached hydrogens (tertiary/aromatic N) is 2. The second-order valence-electron chi connectivity index (χ2n) is 6.27. The summed E-state index contributed by atoms with van der Waals surface area (Å²) in [6.07, 6.45) is -0.213. The molecule has 0 spiro atoms. The van der Waals surface area contributed by atoms with Crippen LogP contribution in [0.2, 0.25) is 0 Å². The van der Waals surface area contributed by atoms with Gasteiger partial charge in [-0.05, 0) is 44.0 Å². The Morgan fingerprint density at radius 1 is 1.32 bits per heavy atom. The highest BCUT2D eigenvalue weighted by atomic mass is 16.5. The van der Waals surface area contributed by atoms with Crippen LogP contribution in [0.25, 0.3) is 0 Å². The minimum Gasteiger partial charge on any atom is -0.497 e. The van der Waals surface area contributed by atoms with Crippen molar-refractivity contribution in [3.05, 3.63) is 24.3 Å². The predicted octanol–water partition coefficient (Wildman–Crippen LogP) is 0.492. The third-order valence-electron chi connectivity index (χ3n) is 4.60. The van der Waals surface area contributed by atoms with Crippen LogP contribution >= 0.6 is 0 Å². The molecule has 1 aromatic carbocycles. The summed E-state index contributed by atoms with van der Waals surface area (Å²) >= 11 is 0. The largest absolute Gasteiger partial charge is 0.497 e. The van der Waals surface area contributed by atoms with Gasteiger partial charge in [-0.25, -0.2) is 9.69 Å². The van der Waals surface area contributed by atoms with Crippen molar-refractivity contribution in [2.75, 3.05) is 18.6 Å². The van der Waals surface area contributed by atoms with Gasteiger partial charge in [-0.15, -0.1) is 0 Å². The Labute approximate surface area is 145 Å². The fourth-order valence-corrected chi connectivity index (χ4v) is 3.22. The molecule has 2 N–H and O–H groups in total. The molecule has 2 saturated heterocycles. The maximum absolute atomic E-state index is 12.7. The second-order valence-corrected chi connectivity index (χ2v) is 6.27. The molecule has 0 bridgehead atoms. The molecule has 2 fully saturated rings. The van der Waals surface area contributed by atoms with E-state index in [4.69, 9.17) is 4.74 Å². The number of hydrogen-bond acceptors (Lipinski definition) is 5. The molecule has 0 aliphatic carbocycles. The lowest BCUT2D eigenvalue weighted by Gasteiger charge is -2.33. The van der Waals surface area contributed by atoms with Crippen LogP contribution in [0.4, 0.5) is 10.5 Å². The monoisotopic (exact) mass is 347 g/mol. The number of hydrogen-bond donors (Lipinski definition) is 2. The van der Waals surface area contributed by atoms with Crippen molar-refractivity contribution >= 4 is 23.5 Å². The summed E-state index contributed by atoms with van der Waals surface area (Å²) in [6, 6.07) is 5.54. The fourth-order valence-electron chi connectivity index (χ4n) is 3.22. The quantitative estimate of drug-likeness (QED) is 0.773. The van der Waals surface area contributed by atoms with Crippen molar-refractivity contribution in [2.45, 2.75) is 38.0 Å². The fraction of sp³-hybridized carbons (Fsp3) is 0.471. The van der Waals surface area contributed by atoms with E-state index in [1.54, 1.807) is 31.4 Å². The van der Waals surface area contributed by atoms with Gasteiger partial charge in [0.15, 0.2) is 0 Å². The van der Waals surface area contributed by atoms with Crippen LogP contribution in [-0.2, 0) is 9.59 Å². The van der Waals surface area contributed by atoms with E-state index in [1.165, 1.54) is 16.7 Å². The lowest BCUT2D eigenvalue weighted by atomic mass is 9.97. The van der Waals surface area contributed by atoms with Gasteiger partial charge >= 0.3 is 6.03 Å². The number of nitrogens with one attached hydrogen (secondary N) is 1. The van der Waals surface area contributed by atoms with E-state index < -0.39 is 18.1 Å². The van der Waals surface area contributed by atoms with E-state index in [2.05, 4.69) is 5.32 Å². The topological polar surface area (TPSA) is 99.2 Å². The predicted molar refractivity (Wildman–Crippen MR) is 89.2 cm³/mol. The first-order valence-corrected chi connectivity index (χ1v) is 8.19. The van der Waals surface area contributed by atoms with Gasteiger partial charge in [-0.1, -0.05) is 0 Å². The highest BCUT2D eigenvalue weighted by Crippen LogP contribution is 2.31. The number of imide groups is 1. The van der Waals surface area contributed by atoms with Crippen LogP contribution in [0.15, 0.2) is 24.3 Å². The molecule has 0 aromatic heterocycles. The molecule has 2 heterocycles. The molecule has 25 heavy (non-hydrogen) atoms. The normalized spacial score (nSPS) is 24.1. The Balaban J connectivity index is 1.75. The number of benzene rings is 1. The van der Waals surface area contributed by atoms with Gasteiger partial charge in [0.05, 0.1) is 12.8 Å². The molecule has 2 aliphatic heterocycles. The number of ether oxygens (including phenoxy) is 1. The lowest BCUT2D eigenvalue weighted by molar-refractivity contribution is -0.130. The Kier molecular flexibility index (Phi) is 4.63. The average Bonchev–Trinajstić information content (AvgIpc) is 2.85. The van der Waals surface area contributed by atoms with E-state index in [0.717, 1.165) is 0 Å². The van der Waals surface area contributed by atoms with Crippen molar-refractivity contribution in [3.8, 4) is 5.75 Å². The number of urea groups is 1. The first-order chi connectivity index (χ1) is 11.9. The zero-order valence-corrected chi connectivity index (χ0v) is 14.1. The van der Waals surface area contributed by atoms with Crippen molar-refractivity contribution in [2.24, 2.45) is 0 Å². The summed E-state index contributed by atoms with van der Waals surface area (Å²) in [5, 5.41) is 12.0. The summed E-state index contributed by atoms with van der Waals surface area (Å²) in [5.74, 6) is -0.130. The zero-order chi connectivity index (χ0) is 18.1. The molecule has 0 saturated carbocycles. The number of rotatable bonds is 4. The van der Waals surface area contributed by atoms with Crippen molar-refractivity contribution in [1.82, 2.24) is 10.2 Å². The van der Waals surface area contributed by atoms with E-state index in [-0.39, 0.29) is 18.0 Å². The van der Waals surface area contributed by atoms with Crippen LogP contribution in [0, 0.1) is 0 Å². The van der Waals surface area contributed by atoms with Gasteiger partial charge in [0.1, 0.15) is 17.9 Å². The highest BCUT2D eigenvalue weighted by Gasteiger charge is 2.48. The first kappa shape index (κ1) is 17.2. The maximum Gasteiger partial charge on any atom is 0.332 e. The zero-order valence-electron chi connectivity index (χ0n) is 14.1. The van der Waals surface area contributed by atoms with Gasteiger partial charge in [-0.3, -0.25) is 9.59 Å². The minimum atomic E-state index is -1.10. The Morgan fingerprint density at radius 3 is 2.60 bits per heavy atom. The number of carbonyl (C=O) groups excluding carboxylic acids is 3. The van der Waals surface area contributed by atoms with Gasteiger partial charge in [0, 0.05) is 12.6 Å². The van der Waals surface area contributed by atoms with Gasteiger partial charge < -0.3 is 20.1 Å². The molecule has 8 nitrogen and oxygen atoms in total. The molecule has 0 radical (unpaired) electrons. The van der Waals surface area contributed by atoms with Crippen LogP contribution in [0.5, 0.6) is 5.75 Å². The van der Waals surface area contributed by atoms with E-state index in [0.29, 0.717) is 30.8 Å². The molecule has 3 rings (SSSR count). The molecule has 134 valence electrons. The maximum atomic E-state index is 12.7. The van der Waals surface area contributed by atoms with E-state index >= 15 is 0 Å². The smallest absolute Gasteiger partial charge is 0.332 e. The van der Waals surface area contributed by atoms with Crippen LogP contribution in [0.3, 0.4) is 0 Å². The van der Waals surface area contributed by atoms with Crippen molar-refractivity contribution in [1.29, 1.82) is 0 Å². The third kappa shape index (κ3) is 3.17. The number of methoxy groups -OCH3 is 1. The molecule has 2 aliphatic rings. The van der Waals surface area contributed by atoms with Gasteiger partial charge in [0.2, 0.25) is 5.91 Å². The Morgan fingerprint density at radius 2 is 2.00 bits per heavy atom. The van der Waals surface area contributed by atoms with Gasteiger partial charge in [0.25, 0.3) is 5.91 Å². The van der Waals surface area contributed by atoms with Crippen LogP contribution in [0.1, 0.15) is 19.8 Å². The van der Waals surface area contributed by atoms with Gasteiger partial charge in [-0.2, -0.15) is 0 Å². The minimum absolute atomic E-state index is 0.240. The number of piperidine rings is 1. The summed E-state index contributed by atoms with van der Waals surface area (Å²) in [4.78, 5) is 39.7. The van der Waals surface area contributed by atoms with Crippen molar-refractivity contribution in [3.63, 3.8) is 0 Å². The van der Waals surface area contributed by atoms with Crippen LogP contribution < -0.4 is 15.0 Å². The van der Waals surface area contributed by atoms with E-state index in [1.807, 2.05) is 0 Å². The molecular weight excluding hydrogens is 326 g/mol. The molecule has 1 aromatic rings. The standard InChI is InChI=1S/C17H21N3O5/c1-10(21)15(22)18-11-7-8-19-14(9-11)16(23)20(17(19)24)12-3-5-13(25-2)6-4-12/h3-6,10-11,14,21H,7-9H2,1-2H3,(H,18,22)/t10-,11-,14-/m0/s1. The number of amides is 4. The average molecular weight is 347 g/mol. The molecule has 3 atom stereocenters. The van der Waals surface area contributed by atoms with E-state index in [9.17, 15) is 19.5 Å². The Bertz CT molecular complexity index is 688. The highest BCUT2D eigenvalue weighted by molar-refractivity contribution is 6.21. The number of carbonyl (C=O) groups is 3. The van der Waals surface area contributed by atoms with Crippen molar-refractivity contribution < 1.29 is 24.2 Å². The summed E-state index contributed by atoms with van der Waals surface area (Å²) in [5.41, 5.74) is 0.495. The number of anilines is 1. The summed E-state index contributed by atoms with van der Waals surface area (Å²) in [7, 11) is 1.54. The second kappa shape index (κ2) is 6.72. The molecule has 0 unspecified atom stereocenters. The molecule has 8 heteroatoms. The third-order valence-corrected chi connectivity index (χ3v) is 4.60. The summed E-state index contributed by atoms with van der Waals surface area (Å²) in [6.45, 7) is 1.77.